The summed E-state index contributed by atoms with van der Waals surface area (Å²) in [4.78, 5) is 0. The van der Waals surface area contributed by atoms with E-state index in [-0.39, 0.29) is 0 Å². The van der Waals surface area contributed by atoms with Crippen molar-refractivity contribution >= 4 is 15.4 Å². The predicted octanol–water partition coefficient (Wildman–Crippen LogP) is 2.19. The largest absolute Gasteiger partial charge is 0.397 e. The van der Waals surface area contributed by atoms with Crippen LogP contribution in [0.3, 0.4) is 0 Å². The van der Waals surface area contributed by atoms with Crippen LogP contribution < -0.4 is 0 Å². The molecule has 0 aliphatic carbocycles. The molecule has 14 heavy (non-hydrogen) atoms. The first kappa shape index (κ1) is 11.2. The number of hydrogen-bond donors (Lipinski definition) is 0. The Kier molecular flexibility index (Phi) is 4.59. The quantitative estimate of drug-likeness (QED) is 0.689. The van der Waals surface area contributed by atoms with Crippen molar-refractivity contribution < 1.29 is 8.85 Å². The van der Waals surface area contributed by atoms with E-state index in [4.69, 9.17) is 8.85 Å². The van der Waals surface area contributed by atoms with Gasteiger partial charge in [0, 0.05) is 20.3 Å². The maximum absolute atomic E-state index is 5.23. The fourth-order valence-corrected chi connectivity index (χ4v) is 2.23. The first-order valence-corrected chi connectivity index (χ1v) is 5.97. The molecule has 3 heteroatoms. The van der Waals surface area contributed by atoms with Crippen LogP contribution in [0.25, 0.3) is 6.08 Å². The third-order valence-corrected chi connectivity index (χ3v) is 3.60. The van der Waals surface area contributed by atoms with Gasteiger partial charge < -0.3 is 8.85 Å². The molecule has 0 saturated carbocycles. The minimum atomic E-state index is -1.13. The molecule has 1 radical (unpaired) electrons. The minimum absolute atomic E-state index is 0.860. The molecule has 0 bridgehead atoms. The summed E-state index contributed by atoms with van der Waals surface area (Å²) in [5.41, 5.74) is 2.37. The van der Waals surface area contributed by atoms with Crippen molar-refractivity contribution in [3.05, 3.63) is 42.0 Å². The zero-order chi connectivity index (χ0) is 10.4. The van der Waals surface area contributed by atoms with Crippen LogP contribution in [0.15, 0.2) is 30.8 Å². The van der Waals surface area contributed by atoms with Gasteiger partial charge in [-0.05, 0) is 11.1 Å². The molecule has 0 N–H and O–H groups in total. The van der Waals surface area contributed by atoms with Crippen LogP contribution in [0.1, 0.15) is 11.1 Å². The van der Waals surface area contributed by atoms with Gasteiger partial charge in [0.05, 0.1) is 0 Å². The molecular formula is C11H15O2Si. The van der Waals surface area contributed by atoms with Crippen molar-refractivity contribution in [2.45, 2.75) is 6.04 Å². The van der Waals surface area contributed by atoms with Gasteiger partial charge in [0.2, 0.25) is 0 Å². The SMILES string of the molecule is C=Cc1cccc(C[Si](OC)OC)c1. The van der Waals surface area contributed by atoms with E-state index in [9.17, 15) is 0 Å². The van der Waals surface area contributed by atoms with E-state index in [1.807, 2.05) is 18.2 Å². The van der Waals surface area contributed by atoms with E-state index < -0.39 is 9.28 Å². The lowest BCUT2D eigenvalue weighted by Crippen LogP contribution is -2.22. The van der Waals surface area contributed by atoms with Gasteiger partial charge in [0.15, 0.2) is 0 Å². The van der Waals surface area contributed by atoms with E-state index in [0.29, 0.717) is 0 Å². The van der Waals surface area contributed by atoms with Crippen molar-refractivity contribution in [2.75, 3.05) is 14.2 Å². The predicted molar refractivity (Wildman–Crippen MR) is 60.0 cm³/mol. The van der Waals surface area contributed by atoms with Crippen LogP contribution in [0.4, 0.5) is 0 Å². The second-order valence-electron chi connectivity index (χ2n) is 2.91. The Balaban J connectivity index is 2.70. The molecule has 1 rings (SSSR count). The average molecular weight is 207 g/mol. The van der Waals surface area contributed by atoms with Crippen LogP contribution in [-0.2, 0) is 14.9 Å². The fraction of sp³-hybridized carbons (Fsp3) is 0.273. The summed E-state index contributed by atoms with van der Waals surface area (Å²) in [5, 5.41) is 0. The Hall–Kier alpha value is -0.903. The first-order valence-electron chi connectivity index (χ1n) is 4.45. The molecule has 0 unspecified atom stereocenters. The van der Waals surface area contributed by atoms with E-state index in [2.05, 4.69) is 18.7 Å². The second-order valence-corrected chi connectivity index (χ2v) is 4.82. The molecule has 0 atom stereocenters. The van der Waals surface area contributed by atoms with Crippen molar-refractivity contribution in [2.24, 2.45) is 0 Å². The molecule has 0 saturated heterocycles. The summed E-state index contributed by atoms with van der Waals surface area (Å²) in [6, 6.07) is 9.10. The summed E-state index contributed by atoms with van der Waals surface area (Å²) < 4.78 is 10.5. The topological polar surface area (TPSA) is 18.5 Å². The van der Waals surface area contributed by atoms with Gasteiger partial charge in [0.1, 0.15) is 0 Å². The van der Waals surface area contributed by atoms with Crippen LogP contribution in [0.5, 0.6) is 0 Å². The van der Waals surface area contributed by atoms with E-state index in [1.54, 1.807) is 14.2 Å². The maximum Gasteiger partial charge on any atom is 0.388 e. The Morgan fingerprint density at radius 3 is 2.64 bits per heavy atom. The molecule has 2 nitrogen and oxygen atoms in total. The number of hydrogen-bond acceptors (Lipinski definition) is 2. The highest BCUT2D eigenvalue weighted by Crippen LogP contribution is 2.08. The van der Waals surface area contributed by atoms with Gasteiger partial charge in [-0.2, -0.15) is 0 Å². The van der Waals surface area contributed by atoms with Gasteiger partial charge >= 0.3 is 9.28 Å². The third kappa shape index (κ3) is 3.10. The Morgan fingerprint density at radius 2 is 2.07 bits per heavy atom. The van der Waals surface area contributed by atoms with Crippen molar-refractivity contribution in [3.8, 4) is 0 Å². The van der Waals surface area contributed by atoms with E-state index >= 15 is 0 Å². The van der Waals surface area contributed by atoms with Gasteiger partial charge in [-0.25, -0.2) is 0 Å². The standard InChI is InChI=1S/C11H15O2Si/c1-4-10-6-5-7-11(8-10)9-14(12-2)13-3/h4-8H,1,9H2,2-3H3. The first-order chi connectivity index (χ1) is 6.80. The van der Waals surface area contributed by atoms with Crippen molar-refractivity contribution in [1.29, 1.82) is 0 Å². The smallest absolute Gasteiger partial charge is 0.388 e. The summed E-state index contributed by atoms with van der Waals surface area (Å²) >= 11 is 0. The molecule has 0 aliphatic heterocycles. The Labute approximate surface area is 87.0 Å². The summed E-state index contributed by atoms with van der Waals surface area (Å²) in [7, 11) is 2.24. The molecule has 0 spiro atoms. The molecule has 0 aromatic heterocycles. The van der Waals surface area contributed by atoms with Crippen LogP contribution >= 0.6 is 0 Å². The monoisotopic (exact) mass is 207 g/mol. The lowest BCUT2D eigenvalue weighted by molar-refractivity contribution is 0.277. The molecule has 0 heterocycles. The lowest BCUT2D eigenvalue weighted by atomic mass is 10.1. The number of rotatable bonds is 5. The zero-order valence-electron chi connectivity index (χ0n) is 8.62. The fourth-order valence-electron chi connectivity index (χ4n) is 1.22. The van der Waals surface area contributed by atoms with Gasteiger partial charge in [-0.1, -0.05) is 36.9 Å². The molecule has 0 amide bonds. The highest BCUT2D eigenvalue weighted by Gasteiger charge is 2.12. The van der Waals surface area contributed by atoms with Crippen LogP contribution in [0.2, 0.25) is 0 Å². The third-order valence-electron chi connectivity index (χ3n) is 1.99. The molecule has 0 fully saturated rings. The maximum atomic E-state index is 5.23. The van der Waals surface area contributed by atoms with Crippen molar-refractivity contribution in [1.82, 2.24) is 0 Å². The van der Waals surface area contributed by atoms with Gasteiger partial charge in [-0.3, -0.25) is 0 Å². The highest BCUT2D eigenvalue weighted by molar-refractivity contribution is 6.43. The number of benzene rings is 1. The summed E-state index contributed by atoms with van der Waals surface area (Å²) in [5.74, 6) is 0. The summed E-state index contributed by atoms with van der Waals surface area (Å²) in [6.07, 6.45) is 1.84. The van der Waals surface area contributed by atoms with Crippen LogP contribution in [0, 0.1) is 0 Å². The van der Waals surface area contributed by atoms with Gasteiger partial charge in [0.25, 0.3) is 0 Å². The lowest BCUT2D eigenvalue weighted by Gasteiger charge is -2.09. The second kappa shape index (κ2) is 5.75. The molecule has 1 aromatic carbocycles. The molecule has 75 valence electrons. The van der Waals surface area contributed by atoms with Crippen molar-refractivity contribution in [3.63, 3.8) is 0 Å². The molecule has 1 aromatic rings. The zero-order valence-corrected chi connectivity index (χ0v) is 9.62. The van der Waals surface area contributed by atoms with E-state index in [1.165, 1.54) is 5.56 Å². The highest BCUT2D eigenvalue weighted by atomic mass is 28.3. The minimum Gasteiger partial charge on any atom is -0.397 e. The molecule has 0 aliphatic rings. The van der Waals surface area contributed by atoms with E-state index in [0.717, 1.165) is 11.6 Å². The summed E-state index contributed by atoms with van der Waals surface area (Å²) in [6.45, 7) is 3.74. The normalized spacial score (nSPS) is 10.5. The Bertz CT molecular complexity index is 295. The van der Waals surface area contributed by atoms with Gasteiger partial charge in [-0.15, -0.1) is 0 Å². The molecular weight excluding hydrogens is 192 g/mol. The van der Waals surface area contributed by atoms with Crippen LogP contribution in [-0.4, -0.2) is 23.5 Å². The average Bonchev–Trinajstić information content (AvgIpc) is 2.26. The Morgan fingerprint density at radius 1 is 1.36 bits per heavy atom.